The van der Waals surface area contributed by atoms with Gasteiger partial charge in [-0.3, -0.25) is 0 Å². The number of nitrogens with zero attached hydrogens (tertiary/aromatic N) is 4. The van der Waals surface area contributed by atoms with E-state index in [4.69, 9.17) is 4.74 Å². The lowest BCUT2D eigenvalue weighted by Gasteiger charge is -2.15. The Balaban J connectivity index is 1.79. The van der Waals surface area contributed by atoms with E-state index in [1.165, 1.54) is 19.2 Å². The van der Waals surface area contributed by atoms with Crippen LogP contribution in [0, 0.1) is 0 Å². The Morgan fingerprint density at radius 3 is 2.53 bits per heavy atom. The largest absolute Gasteiger partial charge is 0.383 e. The molecule has 0 fully saturated rings. The molecule has 0 aliphatic heterocycles. The smallest absolute Gasteiger partial charge is 0.240 e. The van der Waals surface area contributed by atoms with Gasteiger partial charge in [-0.15, -0.1) is 0 Å². The highest BCUT2D eigenvalue weighted by molar-refractivity contribution is 7.89. The van der Waals surface area contributed by atoms with E-state index < -0.39 is 10.0 Å². The minimum Gasteiger partial charge on any atom is -0.383 e. The molecule has 0 bridgehead atoms. The van der Waals surface area contributed by atoms with E-state index in [-0.39, 0.29) is 17.5 Å². The maximum atomic E-state index is 12.3. The Morgan fingerprint density at radius 2 is 1.88 bits per heavy atom. The molecule has 0 amide bonds. The summed E-state index contributed by atoms with van der Waals surface area (Å²) in [5.41, 5.74) is 2.40. The van der Waals surface area contributed by atoms with Crippen LogP contribution in [-0.4, -0.2) is 48.2 Å². The molecule has 2 aromatic heterocycles. The van der Waals surface area contributed by atoms with E-state index in [0.29, 0.717) is 18.2 Å². The molecule has 0 unspecified atom stereocenters. The van der Waals surface area contributed by atoms with Crippen molar-refractivity contribution < 1.29 is 13.2 Å². The molecule has 0 atom stereocenters. The van der Waals surface area contributed by atoms with Gasteiger partial charge in [0.05, 0.1) is 29.1 Å². The van der Waals surface area contributed by atoms with Crippen molar-refractivity contribution in [3.05, 3.63) is 48.5 Å². The summed E-state index contributed by atoms with van der Waals surface area (Å²) in [7, 11) is -2.06. The first-order valence-electron chi connectivity index (χ1n) is 10.6. The lowest BCUT2D eigenvalue weighted by atomic mass is 10.2. The molecule has 9 nitrogen and oxygen atoms in total. The molecule has 0 aliphatic carbocycles. The molecule has 172 valence electrons. The van der Waals surface area contributed by atoms with Gasteiger partial charge in [-0.1, -0.05) is 6.92 Å². The van der Waals surface area contributed by atoms with Gasteiger partial charge in [-0.2, -0.15) is 0 Å². The van der Waals surface area contributed by atoms with Crippen molar-refractivity contribution in [2.24, 2.45) is 0 Å². The molecule has 2 heterocycles. The van der Waals surface area contributed by atoms with Gasteiger partial charge in [0, 0.05) is 38.0 Å². The predicted octanol–water partition coefficient (Wildman–Crippen LogP) is 3.54. The minimum absolute atomic E-state index is 0.179. The maximum absolute atomic E-state index is 12.3. The molecule has 0 saturated carbocycles. The highest BCUT2D eigenvalue weighted by Gasteiger charge is 2.16. The first kappa shape index (κ1) is 23.8. The van der Waals surface area contributed by atoms with Crippen LogP contribution in [0.15, 0.2) is 47.6 Å². The van der Waals surface area contributed by atoms with Crippen LogP contribution in [0.4, 0.5) is 11.6 Å². The number of sulfonamides is 1. The van der Waals surface area contributed by atoms with Crippen LogP contribution in [0.25, 0.3) is 11.4 Å². The highest BCUT2D eigenvalue weighted by Crippen LogP contribution is 2.25. The van der Waals surface area contributed by atoms with Gasteiger partial charge >= 0.3 is 0 Å². The number of anilines is 2. The monoisotopic (exact) mass is 458 g/mol. The zero-order valence-corrected chi connectivity index (χ0v) is 19.7. The zero-order valence-electron chi connectivity index (χ0n) is 18.9. The quantitative estimate of drug-likeness (QED) is 0.423. The summed E-state index contributed by atoms with van der Waals surface area (Å²) < 4.78 is 34.2. The number of hydrogen-bond acceptors (Lipinski definition) is 7. The fraction of sp³-hybridized carbons (Fsp3) is 0.409. The average Bonchev–Trinajstić information content (AvgIpc) is 3.19. The molecule has 0 saturated heterocycles. The molecule has 0 aliphatic rings. The fourth-order valence-corrected chi connectivity index (χ4v) is 4.36. The third-order valence-corrected chi connectivity index (χ3v) is 6.28. The summed E-state index contributed by atoms with van der Waals surface area (Å²) in [5, 5.41) is 3.14. The van der Waals surface area contributed by atoms with Crippen LogP contribution < -0.4 is 10.0 Å². The zero-order chi connectivity index (χ0) is 23.1. The Labute approximate surface area is 189 Å². The number of benzene rings is 1. The first-order chi connectivity index (χ1) is 15.4. The summed E-state index contributed by atoms with van der Waals surface area (Å²) >= 11 is 0. The number of imidazole rings is 1. The number of nitrogens with one attached hydrogen (secondary N) is 2. The molecule has 32 heavy (non-hydrogen) atoms. The van der Waals surface area contributed by atoms with Crippen LogP contribution in [0.2, 0.25) is 0 Å². The van der Waals surface area contributed by atoms with Gasteiger partial charge in [0.15, 0.2) is 0 Å². The van der Waals surface area contributed by atoms with Crippen molar-refractivity contribution in [2.75, 3.05) is 25.6 Å². The summed E-state index contributed by atoms with van der Waals surface area (Å²) in [4.78, 5) is 13.7. The third-order valence-electron chi connectivity index (χ3n) is 4.80. The molecule has 10 heteroatoms. The Bertz CT molecular complexity index is 1130. The van der Waals surface area contributed by atoms with Gasteiger partial charge < -0.3 is 14.6 Å². The van der Waals surface area contributed by atoms with E-state index in [0.717, 1.165) is 30.1 Å². The predicted molar refractivity (Wildman–Crippen MR) is 124 cm³/mol. The molecular weight excluding hydrogens is 428 g/mol. The van der Waals surface area contributed by atoms with Gasteiger partial charge in [0.25, 0.3) is 0 Å². The summed E-state index contributed by atoms with van der Waals surface area (Å²) in [6.45, 7) is 6.92. The fourth-order valence-electron chi connectivity index (χ4n) is 3.34. The van der Waals surface area contributed by atoms with Crippen LogP contribution in [-0.2, 0) is 21.2 Å². The SMILES string of the molecule is CCCc1ncc(-c2ccnc(Nc3ccc(S(=O)(=O)NCCOC)cc3)n2)n1C(C)C. The molecule has 2 N–H and O–H groups in total. The lowest BCUT2D eigenvalue weighted by Crippen LogP contribution is -2.27. The maximum Gasteiger partial charge on any atom is 0.240 e. The normalized spacial score (nSPS) is 11.8. The van der Waals surface area contributed by atoms with E-state index in [1.807, 2.05) is 12.3 Å². The molecule has 3 aromatic rings. The van der Waals surface area contributed by atoms with Crippen LogP contribution in [0.1, 0.15) is 39.1 Å². The second kappa shape index (κ2) is 10.7. The molecular formula is C22H30N6O3S. The van der Waals surface area contributed by atoms with Crippen molar-refractivity contribution in [3.63, 3.8) is 0 Å². The number of methoxy groups -OCH3 is 1. The molecule has 1 aromatic carbocycles. The van der Waals surface area contributed by atoms with Crippen molar-refractivity contribution in [1.29, 1.82) is 0 Å². The Morgan fingerprint density at radius 1 is 1.12 bits per heavy atom. The van der Waals surface area contributed by atoms with Gasteiger partial charge in [-0.25, -0.2) is 28.1 Å². The van der Waals surface area contributed by atoms with Crippen molar-refractivity contribution in [3.8, 4) is 11.4 Å². The summed E-state index contributed by atoms with van der Waals surface area (Å²) in [6, 6.07) is 8.54. The number of rotatable bonds is 11. The van der Waals surface area contributed by atoms with Crippen LogP contribution in [0.5, 0.6) is 0 Å². The van der Waals surface area contributed by atoms with Crippen LogP contribution >= 0.6 is 0 Å². The standard InChI is InChI=1S/C22H30N6O3S/c1-5-6-21-24-15-20(28(21)16(2)3)19-11-12-23-22(27-19)26-17-7-9-18(10-8-17)32(29,30)25-13-14-31-4/h7-12,15-16,25H,5-6,13-14H2,1-4H3,(H,23,26,27). The second-order valence-electron chi connectivity index (χ2n) is 7.58. The highest BCUT2D eigenvalue weighted by atomic mass is 32.2. The van der Waals surface area contributed by atoms with E-state index in [1.54, 1.807) is 18.3 Å². The number of aromatic nitrogens is 4. The van der Waals surface area contributed by atoms with Gasteiger partial charge in [0.2, 0.25) is 16.0 Å². The number of aryl methyl sites for hydroxylation is 1. The molecule has 0 radical (unpaired) electrons. The summed E-state index contributed by atoms with van der Waals surface area (Å²) in [6.07, 6.45) is 5.48. The van der Waals surface area contributed by atoms with Crippen molar-refractivity contribution in [1.82, 2.24) is 24.2 Å². The summed E-state index contributed by atoms with van der Waals surface area (Å²) in [5.74, 6) is 1.46. The van der Waals surface area contributed by atoms with Gasteiger partial charge in [0.1, 0.15) is 5.82 Å². The average molecular weight is 459 g/mol. The topological polar surface area (TPSA) is 111 Å². The van der Waals surface area contributed by atoms with Crippen molar-refractivity contribution >= 4 is 21.7 Å². The number of ether oxygens (including phenoxy) is 1. The van der Waals surface area contributed by atoms with E-state index >= 15 is 0 Å². The Hall–Kier alpha value is -2.82. The lowest BCUT2D eigenvalue weighted by molar-refractivity contribution is 0.204. The minimum atomic E-state index is -3.58. The van der Waals surface area contributed by atoms with E-state index in [9.17, 15) is 8.42 Å². The van der Waals surface area contributed by atoms with Crippen LogP contribution in [0.3, 0.4) is 0 Å². The second-order valence-corrected chi connectivity index (χ2v) is 9.35. The van der Waals surface area contributed by atoms with Crippen molar-refractivity contribution in [2.45, 2.75) is 44.6 Å². The molecule has 3 rings (SSSR count). The first-order valence-corrected chi connectivity index (χ1v) is 12.1. The Kier molecular flexibility index (Phi) is 7.94. The van der Waals surface area contributed by atoms with E-state index in [2.05, 4.69) is 50.3 Å². The molecule has 0 spiro atoms. The number of hydrogen-bond donors (Lipinski definition) is 2. The van der Waals surface area contributed by atoms with Gasteiger partial charge in [-0.05, 0) is 50.6 Å². The third kappa shape index (κ3) is 5.70.